The first-order chi connectivity index (χ1) is 6.81. The first-order valence-corrected chi connectivity index (χ1v) is 6.06. The van der Waals surface area contributed by atoms with E-state index >= 15 is 0 Å². The maximum atomic E-state index is 9.17. The lowest BCUT2D eigenvalue weighted by atomic mass is 10.3. The third-order valence-electron chi connectivity index (χ3n) is 1.41. The minimum Gasteiger partial charge on any atom is -0.426 e. The van der Waals surface area contributed by atoms with Crippen molar-refractivity contribution in [2.24, 2.45) is 0 Å². The molecule has 0 atom stereocenters. The molecule has 0 aromatic heterocycles. The van der Waals surface area contributed by atoms with Crippen LogP contribution in [-0.2, 0) is 9.05 Å². The van der Waals surface area contributed by atoms with Gasteiger partial charge in [-0.15, -0.1) is 0 Å². The molecule has 0 bridgehead atoms. The second kappa shape index (κ2) is 10.6. The van der Waals surface area contributed by atoms with Gasteiger partial charge in [0.15, 0.2) is 0 Å². The fourth-order valence-corrected chi connectivity index (χ4v) is 1.11. The lowest BCUT2D eigenvalue weighted by Gasteiger charge is -2.04. The van der Waals surface area contributed by atoms with Crippen LogP contribution in [0.5, 0.6) is 0 Å². The Labute approximate surface area is 87.4 Å². The zero-order valence-corrected chi connectivity index (χ0v) is 9.74. The summed E-state index contributed by atoms with van der Waals surface area (Å²) in [6, 6.07) is 0. The number of hydrogen-bond donors (Lipinski definition) is 1. The van der Waals surface area contributed by atoms with E-state index in [4.69, 9.17) is 13.9 Å². The van der Waals surface area contributed by atoms with Crippen molar-refractivity contribution in [2.75, 3.05) is 0 Å². The highest BCUT2D eigenvalue weighted by Gasteiger charge is 2.01. The summed E-state index contributed by atoms with van der Waals surface area (Å²) in [6.45, 7) is 4.16. The molecule has 0 spiro atoms. The zero-order valence-electron chi connectivity index (χ0n) is 8.85. The van der Waals surface area contributed by atoms with E-state index in [0.717, 1.165) is 25.7 Å². The van der Waals surface area contributed by atoms with Crippen molar-refractivity contribution in [3.05, 3.63) is 24.7 Å². The van der Waals surface area contributed by atoms with E-state index in [9.17, 15) is 0 Å². The van der Waals surface area contributed by atoms with E-state index in [0.29, 0.717) is 0 Å². The lowest BCUT2D eigenvalue weighted by Crippen LogP contribution is -1.77. The highest BCUT2D eigenvalue weighted by molar-refractivity contribution is 7.40. The SMILES string of the molecule is CCCC=COP(O)OC=CCCC. The topological polar surface area (TPSA) is 38.7 Å². The quantitative estimate of drug-likeness (QED) is 0.496. The molecule has 0 heterocycles. The zero-order chi connectivity index (χ0) is 10.6. The average Bonchev–Trinajstić information content (AvgIpc) is 2.19. The van der Waals surface area contributed by atoms with Crippen LogP contribution in [0.15, 0.2) is 24.7 Å². The molecule has 0 aromatic carbocycles. The molecule has 4 heteroatoms. The summed E-state index contributed by atoms with van der Waals surface area (Å²) in [5.41, 5.74) is 0. The van der Waals surface area contributed by atoms with Crippen molar-refractivity contribution in [3.8, 4) is 0 Å². The molecule has 0 radical (unpaired) electrons. The molecular formula is C10H19O3P. The highest BCUT2D eigenvalue weighted by Crippen LogP contribution is 2.33. The number of unbranched alkanes of at least 4 members (excludes halogenated alkanes) is 2. The van der Waals surface area contributed by atoms with E-state index in [2.05, 4.69) is 13.8 Å². The number of allylic oxidation sites excluding steroid dienone is 2. The van der Waals surface area contributed by atoms with Crippen LogP contribution in [0.1, 0.15) is 39.5 Å². The van der Waals surface area contributed by atoms with Crippen LogP contribution in [0.25, 0.3) is 0 Å². The Morgan fingerprint density at radius 3 is 1.79 bits per heavy atom. The van der Waals surface area contributed by atoms with Gasteiger partial charge in [-0.25, -0.2) is 0 Å². The Hall–Kier alpha value is -0.530. The van der Waals surface area contributed by atoms with Gasteiger partial charge in [0.1, 0.15) is 0 Å². The van der Waals surface area contributed by atoms with E-state index < -0.39 is 8.60 Å². The standard InChI is InChI=1S/C10H19O3P/c1-3-5-7-9-12-14(11)13-10-8-6-4-2/h7-11H,3-6H2,1-2H3. The van der Waals surface area contributed by atoms with Gasteiger partial charge in [-0.2, -0.15) is 0 Å². The molecule has 0 amide bonds. The second-order valence-corrected chi connectivity index (χ2v) is 3.67. The Morgan fingerprint density at radius 1 is 1.00 bits per heavy atom. The first-order valence-electron chi connectivity index (χ1n) is 4.93. The molecule has 0 saturated heterocycles. The van der Waals surface area contributed by atoms with E-state index in [1.54, 1.807) is 0 Å². The van der Waals surface area contributed by atoms with Gasteiger partial charge in [0.05, 0.1) is 12.5 Å². The summed E-state index contributed by atoms with van der Waals surface area (Å²) < 4.78 is 9.78. The molecule has 0 unspecified atom stereocenters. The van der Waals surface area contributed by atoms with E-state index in [1.165, 1.54) is 12.5 Å². The maximum absolute atomic E-state index is 9.17. The van der Waals surface area contributed by atoms with Crippen LogP contribution < -0.4 is 0 Å². The van der Waals surface area contributed by atoms with Crippen LogP contribution in [0.4, 0.5) is 0 Å². The van der Waals surface area contributed by atoms with Gasteiger partial charge in [-0.1, -0.05) is 26.7 Å². The Kier molecular flexibility index (Phi) is 10.2. The van der Waals surface area contributed by atoms with Crippen molar-refractivity contribution in [3.63, 3.8) is 0 Å². The Morgan fingerprint density at radius 2 is 1.43 bits per heavy atom. The third-order valence-corrected chi connectivity index (χ3v) is 2.01. The van der Waals surface area contributed by atoms with Crippen LogP contribution in [-0.4, -0.2) is 4.89 Å². The normalized spacial score (nSPS) is 13.6. The largest absolute Gasteiger partial charge is 0.458 e. The molecule has 0 aliphatic carbocycles. The van der Waals surface area contributed by atoms with E-state index in [1.807, 2.05) is 12.2 Å². The molecule has 3 nitrogen and oxygen atoms in total. The van der Waals surface area contributed by atoms with Gasteiger partial charge in [0.25, 0.3) is 0 Å². The molecule has 1 N–H and O–H groups in total. The Balaban J connectivity index is 3.40. The molecular weight excluding hydrogens is 199 g/mol. The molecule has 0 aliphatic heterocycles. The summed E-state index contributed by atoms with van der Waals surface area (Å²) in [5.74, 6) is 0. The molecule has 0 aromatic rings. The smallest absolute Gasteiger partial charge is 0.426 e. The predicted molar refractivity (Wildman–Crippen MR) is 59.4 cm³/mol. The van der Waals surface area contributed by atoms with Crippen LogP contribution in [0.3, 0.4) is 0 Å². The van der Waals surface area contributed by atoms with Gasteiger partial charge in [-0.3, -0.25) is 0 Å². The first kappa shape index (κ1) is 13.5. The van der Waals surface area contributed by atoms with Crippen molar-refractivity contribution in [2.45, 2.75) is 39.5 Å². The average molecular weight is 218 g/mol. The van der Waals surface area contributed by atoms with Crippen molar-refractivity contribution < 1.29 is 13.9 Å². The van der Waals surface area contributed by atoms with Gasteiger partial charge in [0, 0.05) is 0 Å². The summed E-state index contributed by atoms with van der Waals surface area (Å²) in [7, 11) is -1.79. The van der Waals surface area contributed by atoms with Gasteiger partial charge < -0.3 is 13.9 Å². The second-order valence-electron chi connectivity index (χ2n) is 2.77. The summed E-state index contributed by atoms with van der Waals surface area (Å²) in [5, 5.41) is 0. The minimum absolute atomic E-state index is 0.953. The Bertz CT molecular complexity index is 151. The maximum Gasteiger partial charge on any atom is 0.458 e. The monoisotopic (exact) mass is 218 g/mol. The lowest BCUT2D eigenvalue weighted by molar-refractivity contribution is 0.320. The van der Waals surface area contributed by atoms with Gasteiger partial charge in [-0.05, 0) is 25.0 Å². The van der Waals surface area contributed by atoms with Gasteiger partial charge >= 0.3 is 8.60 Å². The summed E-state index contributed by atoms with van der Waals surface area (Å²) in [6.07, 6.45) is 10.8. The van der Waals surface area contributed by atoms with E-state index in [-0.39, 0.29) is 0 Å². The fourth-order valence-electron chi connectivity index (χ4n) is 0.684. The summed E-state index contributed by atoms with van der Waals surface area (Å²) >= 11 is 0. The number of rotatable bonds is 8. The van der Waals surface area contributed by atoms with Crippen molar-refractivity contribution in [1.82, 2.24) is 0 Å². The molecule has 0 fully saturated rings. The van der Waals surface area contributed by atoms with Crippen LogP contribution >= 0.6 is 8.60 Å². The van der Waals surface area contributed by atoms with Crippen molar-refractivity contribution >= 4 is 8.60 Å². The highest BCUT2D eigenvalue weighted by atomic mass is 31.2. The molecule has 0 aliphatic rings. The number of hydrogen-bond acceptors (Lipinski definition) is 3. The third kappa shape index (κ3) is 9.56. The molecule has 0 saturated carbocycles. The summed E-state index contributed by atoms with van der Waals surface area (Å²) in [4.78, 5) is 9.17. The van der Waals surface area contributed by atoms with Crippen molar-refractivity contribution in [1.29, 1.82) is 0 Å². The van der Waals surface area contributed by atoms with Gasteiger partial charge in [0.2, 0.25) is 0 Å². The predicted octanol–water partition coefficient (Wildman–Crippen LogP) is 3.87. The van der Waals surface area contributed by atoms with Crippen LogP contribution in [0.2, 0.25) is 0 Å². The minimum atomic E-state index is -1.79. The van der Waals surface area contributed by atoms with Crippen LogP contribution in [0, 0.1) is 0 Å². The fraction of sp³-hybridized carbons (Fsp3) is 0.600. The molecule has 14 heavy (non-hydrogen) atoms. The molecule has 82 valence electrons. The molecule has 0 rings (SSSR count).